The van der Waals surface area contributed by atoms with Crippen LogP contribution >= 0.6 is 35.8 Å². The van der Waals surface area contributed by atoms with Crippen LogP contribution in [0.5, 0.6) is 0 Å². The predicted molar refractivity (Wildman–Crippen MR) is 174 cm³/mol. The zero-order chi connectivity index (χ0) is 30.3. The van der Waals surface area contributed by atoms with Crippen molar-refractivity contribution in [3.8, 4) is 0 Å². The quantitative estimate of drug-likeness (QED) is 0.137. The molecule has 0 aliphatic rings. The third-order valence-electron chi connectivity index (χ3n) is 6.71. The third-order valence-corrected chi connectivity index (χ3v) is 17.4. The third kappa shape index (κ3) is 12.1. The summed E-state index contributed by atoms with van der Waals surface area (Å²) in [5.41, 5.74) is 1.86. The molecule has 0 bridgehead atoms. The summed E-state index contributed by atoms with van der Waals surface area (Å²) in [7, 11) is 1.55. The van der Waals surface area contributed by atoms with Gasteiger partial charge in [0.1, 0.15) is 0 Å². The summed E-state index contributed by atoms with van der Waals surface area (Å²) >= 11 is 2.02. The minimum atomic E-state index is -2.56. The SMILES string of the molecule is CCP(=O)(CC)SNC(=O)N(Cc1ccccc1)CC(CN(Cc1ccccc1)C(=O)NSP(=O)(CC)CC)OC. The molecule has 0 aliphatic carbocycles. The maximum Gasteiger partial charge on any atom is 0.328 e. The predicted octanol–water partition coefficient (Wildman–Crippen LogP) is 7.36. The second-order valence-electron chi connectivity index (χ2n) is 9.48. The normalized spacial score (nSPS) is 11.8. The highest BCUT2D eigenvalue weighted by atomic mass is 32.7. The number of methoxy groups -OCH3 is 1. The number of amides is 4. The van der Waals surface area contributed by atoms with Crippen LogP contribution in [0.3, 0.4) is 0 Å². The zero-order valence-corrected chi connectivity index (χ0v) is 28.1. The van der Waals surface area contributed by atoms with Crippen LogP contribution < -0.4 is 9.44 Å². The van der Waals surface area contributed by atoms with E-state index < -0.39 is 18.8 Å². The maximum atomic E-state index is 13.4. The van der Waals surface area contributed by atoms with Crippen molar-refractivity contribution in [3.05, 3.63) is 71.8 Å². The molecule has 2 aromatic carbocycles. The van der Waals surface area contributed by atoms with E-state index in [2.05, 4.69) is 9.44 Å². The van der Waals surface area contributed by atoms with Gasteiger partial charge < -0.3 is 23.7 Å². The lowest BCUT2D eigenvalue weighted by molar-refractivity contribution is 0.0487. The van der Waals surface area contributed by atoms with Crippen LogP contribution in [-0.4, -0.2) is 72.8 Å². The van der Waals surface area contributed by atoms with Crippen LogP contribution in [0.4, 0.5) is 9.59 Å². The van der Waals surface area contributed by atoms with Crippen molar-refractivity contribution < 1.29 is 23.5 Å². The van der Waals surface area contributed by atoms with Gasteiger partial charge in [-0.05, 0) is 11.1 Å². The van der Waals surface area contributed by atoms with Crippen molar-refractivity contribution in [3.63, 3.8) is 0 Å². The summed E-state index contributed by atoms with van der Waals surface area (Å²) in [5.74, 6) is 0. The lowest BCUT2D eigenvalue weighted by Gasteiger charge is -2.31. The molecule has 0 atom stereocenters. The fourth-order valence-corrected chi connectivity index (χ4v) is 9.00. The van der Waals surface area contributed by atoms with Crippen LogP contribution in [0, 0.1) is 0 Å². The maximum absolute atomic E-state index is 13.4. The van der Waals surface area contributed by atoms with Gasteiger partial charge in [0, 0.05) is 68.0 Å². The van der Waals surface area contributed by atoms with Crippen molar-refractivity contribution in [1.29, 1.82) is 0 Å². The molecule has 228 valence electrons. The zero-order valence-electron chi connectivity index (χ0n) is 24.7. The Bertz CT molecular complexity index is 1070. The first-order valence-electron chi connectivity index (χ1n) is 13.8. The minimum Gasteiger partial charge on any atom is -0.378 e. The molecule has 0 saturated heterocycles. The number of ether oxygens (including phenoxy) is 1. The number of rotatable bonds is 17. The second-order valence-corrected chi connectivity index (χ2v) is 21.1. The highest BCUT2D eigenvalue weighted by molar-refractivity contribution is 8.57. The lowest BCUT2D eigenvalue weighted by Crippen LogP contribution is -2.48. The van der Waals surface area contributed by atoms with Gasteiger partial charge in [-0.25, -0.2) is 9.59 Å². The monoisotopic (exact) mass is 642 g/mol. The Labute approximate surface area is 253 Å². The van der Waals surface area contributed by atoms with Gasteiger partial charge in [0.2, 0.25) is 0 Å². The van der Waals surface area contributed by atoms with Crippen molar-refractivity contribution in [2.24, 2.45) is 0 Å². The molecule has 0 radical (unpaired) electrons. The van der Waals surface area contributed by atoms with E-state index in [4.69, 9.17) is 4.74 Å². The van der Waals surface area contributed by atoms with Gasteiger partial charge in [0.25, 0.3) is 0 Å². The number of hydrogen-bond acceptors (Lipinski definition) is 7. The summed E-state index contributed by atoms with van der Waals surface area (Å²) < 4.78 is 37.2. The van der Waals surface area contributed by atoms with E-state index in [-0.39, 0.29) is 25.2 Å². The van der Waals surface area contributed by atoms with E-state index in [1.807, 2.05) is 88.4 Å². The Morgan fingerprint density at radius 3 is 1.34 bits per heavy atom. The van der Waals surface area contributed by atoms with E-state index >= 15 is 0 Å². The van der Waals surface area contributed by atoms with Gasteiger partial charge in [-0.15, -0.1) is 0 Å². The Kier molecular flexibility index (Phi) is 15.4. The number of nitrogens with one attached hydrogen (secondary N) is 2. The first-order valence-corrected chi connectivity index (χ1v) is 20.8. The van der Waals surface area contributed by atoms with E-state index in [0.29, 0.717) is 37.7 Å². The second kappa shape index (κ2) is 17.9. The first-order chi connectivity index (χ1) is 19.6. The Morgan fingerprint density at radius 1 is 0.707 bits per heavy atom. The molecule has 0 saturated carbocycles. The molecular formula is C28H44N4O5P2S2. The van der Waals surface area contributed by atoms with E-state index in [1.165, 1.54) is 0 Å². The average molecular weight is 643 g/mol. The summed E-state index contributed by atoms with van der Waals surface area (Å²) in [4.78, 5) is 29.9. The van der Waals surface area contributed by atoms with Gasteiger partial charge in [-0.3, -0.25) is 9.44 Å². The fraction of sp³-hybridized carbons (Fsp3) is 0.500. The van der Waals surface area contributed by atoms with Crippen molar-refractivity contribution in [2.45, 2.75) is 46.9 Å². The first kappa shape index (κ1) is 35.3. The van der Waals surface area contributed by atoms with Gasteiger partial charge in [0.15, 0.2) is 12.7 Å². The van der Waals surface area contributed by atoms with E-state index in [0.717, 1.165) is 34.3 Å². The highest BCUT2D eigenvalue weighted by Crippen LogP contribution is 2.56. The molecule has 13 heteroatoms. The van der Waals surface area contributed by atoms with Crippen molar-refractivity contribution >= 4 is 47.9 Å². The molecule has 0 heterocycles. The topological polar surface area (TPSA) is 108 Å². The van der Waals surface area contributed by atoms with Gasteiger partial charge >= 0.3 is 12.1 Å². The van der Waals surface area contributed by atoms with Crippen LogP contribution in [0.15, 0.2) is 60.7 Å². The van der Waals surface area contributed by atoms with Gasteiger partial charge in [-0.2, -0.15) is 0 Å². The molecule has 2 N–H and O–H groups in total. The summed E-state index contributed by atoms with van der Waals surface area (Å²) in [5, 5.41) is 0. The number of hydrogen-bond donors (Lipinski definition) is 2. The fourth-order valence-electron chi connectivity index (χ4n) is 3.82. The molecule has 9 nitrogen and oxygen atoms in total. The molecule has 2 aromatic rings. The molecule has 0 aliphatic heterocycles. The molecular weight excluding hydrogens is 598 g/mol. The molecule has 0 unspecified atom stereocenters. The van der Waals surface area contributed by atoms with Crippen LogP contribution in [-0.2, 0) is 27.0 Å². The van der Waals surface area contributed by atoms with Crippen LogP contribution in [0.2, 0.25) is 0 Å². The number of benzene rings is 2. The smallest absolute Gasteiger partial charge is 0.328 e. The van der Waals surface area contributed by atoms with Gasteiger partial charge in [-0.1, -0.05) is 88.4 Å². The standard InChI is InChI=1S/C28H44N4O5P2S2/c1-6-38(35,7-2)40-29-27(33)31(20-24-16-12-10-13-17-24)22-26(37-5)23-32(21-25-18-14-11-15-19-25)28(34)30-41-39(36,8-3)9-4/h10-19,26H,6-9,20-23H2,1-5H3,(H,29,33)(H,30,34). The minimum absolute atomic E-state index is 0.189. The van der Waals surface area contributed by atoms with E-state index in [1.54, 1.807) is 16.9 Å². The number of urea groups is 2. The Balaban J connectivity index is 2.25. The van der Waals surface area contributed by atoms with Crippen LogP contribution in [0.25, 0.3) is 0 Å². The molecule has 41 heavy (non-hydrogen) atoms. The number of carbonyl (C=O) groups is 2. The summed E-state index contributed by atoms with van der Waals surface area (Å²) in [6, 6.07) is 18.5. The summed E-state index contributed by atoms with van der Waals surface area (Å²) in [6.45, 7) is 8.43. The number of carbonyl (C=O) groups excluding carboxylic acids is 2. The summed E-state index contributed by atoms with van der Waals surface area (Å²) in [6.07, 6.45) is -3.71. The van der Waals surface area contributed by atoms with Gasteiger partial charge in [0.05, 0.1) is 19.2 Å². The molecule has 0 aromatic heterocycles. The molecule has 2 rings (SSSR count). The molecule has 4 amide bonds. The van der Waals surface area contributed by atoms with E-state index in [9.17, 15) is 18.7 Å². The Hall–Kier alpha value is -1.90. The van der Waals surface area contributed by atoms with Crippen molar-refractivity contribution in [1.82, 2.24) is 19.2 Å². The van der Waals surface area contributed by atoms with Crippen molar-refractivity contribution in [2.75, 3.05) is 44.8 Å². The lowest BCUT2D eigenvalue weighted by atomic mass is 10.2. The highest BCUT2D eigenvalue weighted by Gasteiger charge is 2.27. The van der Waals surface area contributed by atoms with Crippen LogP contribution in [0.1, 0.15) is 38.8 Å². The average Bonchev–Trinajstić information content (AvgIpc) is 3.01. The molecule has 0 spiro atoms. The number of nitrogens with zero attached hydrogens (tertiary/aromatic N) is 2. The Morgan fingerprint density at radius 2 is 1.05 bits per heavy atom. The molecule has 0 fully saturated rings. The largest absolute Gasteiger partial charge is 0.378 e.